The Balaban J connectivity index is 3.53. The van der Waals surface area contributed by atoms with Gasteiger partial charge in [-0.15, -0.1) is 0 Å². The fourth-order valence-electron chi connectivity index (χ4n) is 4.90. The Hall–Kier alpha value is -2.12. The molecule has 0 aromatic carbocycles. The Morgan fingerprint density at radius 2 is 0.679 bits per heavy atom. The van der Waals surface area contributed by atoms with Crippen LogP contribution in [0, 0.1) is 10.8 Å². The van der Waals surface area contributed by atoms with Crippen molar-refractivity contribution in [1.82, 2.24) is 0 Å². The van der Waals surface area contributed by atoms with Gasteiger partial charge in [-0.1, -0.05) is 51.4 Å². The van der Waals surface area contributed by atoms with Crippen LogP contribution in [0.25, 0.3) is 0 Å². The van der Waals surface area contributed by atoms with Crippen LogP contribution in [0.2, 0.25) is 0 Å². The Kier molecular flexibility index (Phi) is 9.41. The van der Waals surface area contributed by atoms with Crippen molar-refractivity contribution in [3.05, 3.63) is 0 Å². The largest absolute Gasteiger partial charge is 0.481 e. The lowest BCUT2D eigenvalue weighted by atomic mass is 9.53. The first-order valence-electron chi connectivity index (χ1n) is 10.00. The number of rotatable bonds is 8. The molecular weight excluding hydrogens is 368 g/mol. The second-order valence-corrected chi connectivity index (χ2v) is 8.17. The first-order valence-corrected chi connectivity index (χ1v) is 10.00. The molecule has 0 radical (unpaired) electrons. The number of carboxylic acid groups (broad SMARTS) is 4. The fraction of sp³-hybridized carbons (Fsp3) is 0.800. The molecule has 8 heteroatoms. The summed E-state index contributed by atoms with van der Waals surface area (Å²) in [5, 5.41) is 38.2. The molecule has 8 nitrogen and oxygen atoms in total. The van der Waals surface area contributed by atoms with Crippen LogP contribution in [-0.4, -0.2) is 44.3 Å². The summed E-state index contributed by atoms with van der Waals surface area (Å²) in [6.07, 6.45) is 4.93. The molecular formula is C20H32O8. The number of hydrogen-bond acceptors (Lipinski definition) is 4. The molecule has 0 bridgehead atoms. The zero-order valence-corrected chi connectivity index (χ0v) is 16.3. The van der Waals surface area contributed by atoms with Crippen molar-refractivity contribution < 1.29 is 39.6 Å². The monoisotopic (exact) mass is 400 g/mol. The summed E-state index contributed by atoms with van der Waals surface area (Å²) >= 11 is 0. The Labute approximate surface area is 164 Å². The molecule has 1 aliphatic carbocycles. The lowest BCUT2D eigenvalue weighted by Crippen LogP contribution is -2.48. The molecule has 28 heavy (non-hydrogen) atoms. The second-order valence-electron chi connectivity index (χ2n) is 8.17. The molecule has 0 spiro atoms. The van der Waals surface area contributed by atoms with Gasteiger partial charge in [0.1, 0.15) is 0 Å². The van der Waals surface area contributed by atoms with Crippen LogP contribution in [0.4, 0.5) is 0 Å². The van der Waals surface area contributed by atoms with E-state index in [0.717, 1.165) is 38.5 Å². The molecule has 0 aliphatic heterocycles. The van der Waals surface area contributed by atoms with Gasteiger partial charge in [0.15, 0.2) is 0 Å². The number of carboxylic acids is 4. The summed E-state index contributed by atoms with van der Waals surface area (Å²) in [7, 11) is 0. The zero-order valence-electron chi connectivity index (χ0n) is 16.3. The van der Waals surface area contributed by atoms with E-state index in [0.29, 0.717) is 12.8 Å². The van der Waals surface area contributed by atoms with Crippen molar-refractivity contribution in [2.45, 2.75) is 89.9 Å². The standard InChI is InChI=1S/C20H32O8/c21-15(22)11-19(12-16(23)24)9-7-5-3-1-2-4-6-8-10-20(19,13-17(25)26)14-18(27)28/h1-14H2,(H,21,22)(H,23,24)(H,25,26)(H,27,28). The van der Waals surface area contributed by atoms with Gasteiger partial charge in [-0.3, -0.25) is 19.2 Å². The van der Waals surface area contributed by atoms with E-state index in [1.165, 1.54) is 0 Å². The Bertz CT molecular complexity index is 487. The van der Waals surface area contributed by atoms with Crippen molar-refractivity contribution in [3.63, 3.8) is 0 Å². The van der Waals surface area contributed by atoms with E-state index in [4.69, 9.17) is 0 Å². The van der Waals surface area contributed by atoms with Crippen molar-refractivity contribution in [3.8, 4) is 0 Å². The first kappa shape index (κ1) is 23.9. The van der Waals surface area contributed by atoms with Gasteiger partial charge in [-0.25, -0.2) is 0 Å². The molecule has 0 atom stereocenters. The predicted octanol–water partition coefficient (Wildman–Crippen LogP) is 3.77. The number of carbonyl (C=O) groups is 4. The van der Waals surface area contributed by atoms with Crippen LogP contribution in [0.15, 0.2) is 0 Å². The van der Waals surface area contributed by atoms with Crippen LogP contribution in [-0.2, 0) is 19.2 Å². The molecule has 0 saturated heterocycles. The summed E-state index contributed by atoms with van der Waals surface area (Å²) < 4.78 is 0. The van der Waals surface area contributed by atoms with Crippen LogP contribution in [0.1, 0.15) is 89.9 Å². The van der Waals surface area contributed by atoms with Gasteiger partial charge in [-0.2, -0.15) is 0 Å². The molecule has 0 unspecified atom stereocenters. The van der Waals surface area contributed by atoms with Crippen molar-refractivity contribution >= 4 is 23.9 Å². The molecule has 1 aliphatic rings. The SMILES string of the molecule is O=C(O)CC1(CC(=O)O)CCCCCCCCCCC1(CC(=O)O)CC(=O)O. The average Bonchev–Trinajstić information content (AvgIpc) is 2.52. The summed E-state index contributed by atoms with van der Waals surface area (Å²) in [6, 6.07) is 0. The van der Waals surface area contributed by atoms with Gasteiger partial charge in [0, 0.05) is 0 Å². The first-order chi connectivity index (χ1) is 13.1. The molecule has 0 aromatic heterocycles. The van der Waals surface area contributed by atoms with Gasteiger partial charge < -0.3 is 20.4 Å². The minimum absolute atomic E-state index is 0.201. The van der Waals surface area contributed by atoms with Crippen molar-refractivity contribution in [1.29, 1.82) is 0 Å². The molecule has 0 heterocycles. The smallest absolute Gasteiger partial charge is 0.303 e. The highest BCUT2D eigenvalue weighted by Crippen LogP contribution is 2.56. The molecule has 0 aromatic rings. The van der Waals surface area contributed by atoms with E-state index in [1.54, 1.807) is 0 Å². The quantitative estimate of drug-likeness (QED) is 0.481. The van der Waals surface area contributed by atoms with E-state index in [1.807, 2.05) is 0 Å². The van der Waals surface area contributed by atoms with E-state index in [-0.39, 0.29) is 12.8 Å². The zero-order chi connectivity index (χ0) is 21.2. The summed E-state index contributed by atoms with van der Waals surface area (Å²) in [5.74, 6) is -4.91. The maximum atomic E-state index is 11.7. The third-order valence-corrected chi connectivity index (χ3v) is 6.14. The maximum Gasteiger partial charge on any atom is 0.303 e. The molecule has 0 amide bonds. The molecule has 160 valence electrons. The van der Waals surface area contributed by atoms with Gasteiger partial charge >= 0.3 is 23.9 Å². The minimum atomic E-state index is -1.42. The normalized spacial score (nSPS) is 20.3. The van der Waals surface area contributed by atoms with E-state index in [2.05, 4.69) is 0 Å². The average molecular weight is 400 g/mol. The third kappa shape index (κ3) is 7.13. The highest BCUT2D eigenvalue weighted by molar-refractivity contribution is 5.76. The Morgan fingerprint density at radius 3 is 0.893 bits per heavy atom. The second kappa shape index (κ2) is 11.0. The van der Waals surface area contributed by atoms with Crippen LogP contribution < -0.4 is 0 Å². The lowest BCUT2D eigenvalue weighted by molar-refractivity contribution is -0.163. The fourth-order valence-corrected chi connectivity index (χ4v) is 4.90. The molecule has 1 fully saturated rings. The molecule has 1 saturated carbocycles. The van der Waals surface area contributed by atoms with Crippen LogP contribution >= 0.6 is 0 Å². The van der Waals surface area contributed by atoms with Crippen molar-refractivity contribution in [2.24, 2.45) is 10.8 Å². The number of hydrogen-bond donors (Lipinski definition) is 4. The highest BCUT2D eigenvalue weighted by Gasteiger charge is 2.54. The Morgan fingerprint density at radius 1 is 0.464 bits per heavy atom. The van der Waals surface area contributed by atoms with Crippen molar-refractivity contribution in [2.75, 3.05) is 0 Å². The van der Waals surface area contributed by atoms with Crippen LogP contribution in [0.5, 0.6) is 0 Å². The highest BCUT2D eigenvalue weighted by atomic mass is 16.4. The van der Waals surface area contributed by atoms with E-state index < -0.39 is 60.4 Å². The van der Waals surface area contributed by atoms with Gasteiger partial charge in [0.2, 0.25) is 0 Å². The number of aliphatic carboxylic acids is 4. The van der Waals surface area contributed by atoms with Crippen LogP contribution in [0.3, 0.4) is 0 Å². The molecule has 4 N–H and O–H groups in total. The summed E-state index contributed by atoms with van der Waals surface area (Å²) in [6.45, 7) is 0. The summed E-state index contributed by atoms with van der Waals surface area (Å²) in [5.41, 5.74) is -2.83. The third-order valence-electron chi connectivity index (χ3n) is 6.14. The van der Waals surface area contributed by atoms with Gasteiger partial charge in [0.05, 0.1) is 25.7 Å². The summed E-state index contributed by atoms with van der Waals surface area (Å²) in [4.78, 5) is 46.8. The van der Waals surface area contributed by atoms with Gasteiger partial charge in [0.25, 0.3) is 0 Å². The maximum absolute atomic E-state index is 11.7. The lowest BCUT2D eigenvalue weighted by Gasteiger charge is -2.49. The minimum Gasteiger partial charge on any atom is -0.481 e. The van der Waals surface area contributed by atoms with E-state index in [9.17, 15) is 39.6 Å². The topological polar surface area (TPSA) is 149 Å². The molecule has 1 rings (SSSR count). The van der Waals surface area contributed by atoms with E-state index >= 15 is 0 Å². The van der Waals surface area contributed by atoms with Gasteiger partial charge in [-0.05, 0) is 23.7 Å². The predicted molar refractivity (Wildman–Crippen MR) is 100 cm³/mol.